The standard InChI is InChI=1S/C21H20N2O/c1-16-9-5-6-12-18(16)15-20(24)23-21(17-10-3-2-4-11-17)19-13-7-8-14-22-19/h2-14,21H,15H2,1H3,(H,23,24). The number of nitrogens with zero attached hydrogens (tertiary/aromatic N) is 1. The number of rotatable bonds is 5. The number of pyridine rings is 1. The lowest BCUT2D eigenvalue weighted by atomic mass is 10.0. The summed E-state index contributed by atoms with van der Waals surface area (Å²) in [4.78, 5) is 17.0. The fourth-order valence-electron chi connectivity index (χ4n) is 2.71. The topological polar surface area (TPSA) is 42.0 Å². The van der Waals surface area contributed by atoms with E-state index in [1.807, 2.05) is 79.7 Å². The van der Waals surface area contributed by atoms with Crippen LogP contribution in [0, 0.1) is 6.92 Å². The first-order chi connectivity index (χ1) is 11.7. The zero-order chi connectivity index (χ0) is 16.8. The molecule has 120 valence electrons. The highest BCUT2D eigenvalue weighted by atomic mass is 16.1. The minimum Gasteiger partial charge on any atom is -0.343 e. The second-order valence-corrected chi connectivity index (χ2v) is 5.77. The minimum atomic E-state index is -0.246. The normalized spacial score (nSPS) is 11.7. The van der Waals surface area contributed by atoms with Crippen LogP contribution in [0.25, 0.3) is 0 Å². The van der Waals surface area contributed by atoms with Crippen LogP contribution in [0.3, 0.4) is 0 Å². The lowest BCUT2D eigenvalue weighted by molar-refractivity contribution is -0.121. The number of benzene rings is 2. The smallest absolute Gasteiger partial charge is 0.225 e. The quantitative estimate of drug-likeness (QED) is 0.777. The number of nitrogens with one attached hydrogen (secondary N) is 1. The molecule has 2 aromatic carbocycles. The second-order valence-electron chi connectivity index (χ2n) is 5.77. The van der Waals surface area contributed by atoms with Gasteiger partial charge in [0.2, 0.25) is 5.91 Å². The third-order valence-corrected chi connectivity index (χ3v) is 4.03. The van der Waals surface area contributed by atoms with E-state index in [-0.39, 0.29) is 11.9 Å². The Labute approximate surface area is 142 Å². The molecule has 0 bridgehead atoms. The van der Waals surface area contributed by atoms with Gasteiger partial charge in [0, 0.05) is 6.20 Å². The predicted octanol–water partition coefficient (Wildman–Crippen LogP) is 3.84. The third-order valence-electron chi connectivity index (χ3n) is 4.03. The van der Waals surface area contributed by atoms with E-state index in [9.17, 15) is 4.79 Å². The molecule has 0 aliphatic heterocycles. The van der Waals surface area contributed by atoms with Crippen molar-refractivity contribution < 1.29 is 4.79 Å². The van der Waals surface area contributed by atoms with Crippen LogP contribution in [0.4, 0.5) is 0 Å². The van der Waals surface area contributed by atoms with Crippen molar-refractivity contribution in [3.63, 3.8) is 0 Å². The highest BCUT2D eigenvalue weighted by molar-refractivity contribution is 5.79. The van der Waals surface area contributed by atoms with Crippen molar-refractivity contribution in [3.8, 4) is 0 Å². The number of amides is 1. The molecule has 3 rings (SSSR count). The highest BCUT2D eigenvalue weighted by Gasteiger charge is 2.18. The number of hydrogen-bond acceptors (Lipinski definition) is 2. The summed E-state index contributed by atoms with van der Waals surface area (Å²) in [5.41, 5.74) is 4.03. The first kappa shape index (κ1) is 15.9. The van der Waals surface area contributed by atoms with Crippen molar-refractivity contribution >= 4 is 5.91 Å². The van der Waals surface area contributed by atoms with Crippen molar-refractivity contribution in [1.82, 2.24) is 10.3 Å². The summed E-state index contributed by atoms with van der Waals surface area (Å²) in [6.45, 7) is 2.02. The van der Waals surface area contributed by atoms with Crippen molar-refractivity contribution in [2.75, 3.05) is 0 Å². The molecule has 3 aromatic rings. The number of carbonyl (C=O) groups excluding carboxylic acids is 1. The van der Waals surface area contributed by atoms with Crippen LogP contribution in [0.15, 0.2) is 79.0 Å². The molecule has 1 unspecified atom stereocenters. The largest absolute Gasteiger partial charge is 0.343 e. The van der Waals surface area contributed by atoms with Crippen LogP contribution < -0.4 is 5.32 Å². The molecule has 3 nitrogen and oxygen atoms in total. The number of hydrogen-bond donors (Lipinski definition) is 1. The second kappa shape index (κ2) is 7.55. The van der Waals surface area contributed by atoms with Crippen molar-refractivity contribution in [1.29, 1.82) is 0 Å². The fourth-order valence-corrected chi connectivity index (χ4v) is 2.71. The molecular formula is C21H20N2O. The van der Waals surface area contributed by atoms with Crippen molar-refractivity contribution in [2.24, 2.45) is 0 Å². The molecule has 3 heteroatoms. The van der Waals surface area contributed by atoms with Crippen molar-refractivity contribution in [3.05, 3.63) is 101 Å². The molecule has 0 fully saturated rings. The zero-order valence-electron chi connectivity index (χ0n) is 13.6. The van der Waals surface area contributed by atoms with Gasteiger partial charge in [0.1, 0.15) is 0 Å². The molecule has 0 aliphatic carbocycles. The zero-order valence-corrected chi connectivity index (χ0v) is 13.6. The highest BCUT2D eigenvalue weighted by Crippen LogP contribution is 2.20. The van der Waals surface area contributed by atoms with E-state index < -0.39 is 0 Å². The lowest BCUT2D eigenvalue weighted by Gasteiger charge is -2.19. The Morgan fingerprint density at radius 2 is 1.67 bits per heavy atom. The average Bonchev–Trinajstić information content (AvgIpc) is 2.63. The van der Waals surface area contributed by atoms with Gasteiger partial charge in [-0.05, 0) is 35.7 Å². The van der Waals surface area contributed by atoms with Crippen LogP contribution in [-0.4, -0.2) is 10.9 Å². The molecule has 0 spiro atoms. The maximum atomic E-state index is 12.6. The van der Waals surface area contributed by atoms with Crippen LogP contribution in [0.5, 0.6) is 0 Å². The van der Waals surface area contributed by atoms with Gasteiger partial charge in [0.15, 0.2) is 0 Å². The molecule has 1 aromatic heterocycles. The third kappa shape index (κ3) is 3.87. The van der Waals surface area contributed by atoms with Gasteiger partial charge in [-0.3, -0.25) is 9.78 Å². The van der Waals surface area contributed by atoms with Gasteiger partial charge in [-0.2, -0.15) is 0 Å². The molecule has 0 aliphatic rings. The Hall–Kier alpha value is -2.94. The number of aryl methyl sites for hydroxylation is 1. The van der Waals surface area contributed by atoms with E-state index in [1.54, 1.807) is 6.20 Å². The summed E-state index contributed by atoms with van der Waals surface area (Å²) in [6, 6.07) is 23.4. The van der Waals surface area contributed by atoms with Crippen LogP contribution in [0.1, 0.15) is 28.4 Å². The Kier molecular flexibility index (Phi) is 5.02. The van der Waals surface area contributed by atoms with Gasteiger partial charge in [-0.25, -0.2) is 0 Å². The molecule has 1 N–H and O–H groups in total. The molecule has 24 heavy (non-hydrogen) atoms. The van der Waals surface area contributed by atoms with Gasteiger partial charge < -0.3 is 5.32 Å². The van der Waals surface area contributed by atoms with Gasteiger partial charge in [0.05, 0.1) is 18.2 Å². The van der Waals surface area contributed by atoms with E-state index in [4.69, 9.17) is 0 Å². The molecular weight excluding hydrogens is 296 g/mol. The van der Waals surface area contributed by atoms with Gasteiger partial charge >= 0.3 is 0 Å². The molecule has 1 heterocycles. The molecule has 1 atom stereocenters. The maximum Gasteiger partial charge on any atom is 0.225 e. The predicted molar refractivity (Wildman–Crippen MR) is 95.5 cm³/mol. The van der Waals surface area contributed by atoms with Gasteiger partial charge in [0.25, 0.3) is 0 Å². The monoisotopic (exact) mass is 316 g/mol. The van der Waals surface area contributed by atoms with E-state index >= 15 is 0 Å². The molecule has 0 saturated heterocycles. The lowest BCUT2D eigenvalue weighted by Crippen LogP contribution is -2.31. The summed E-state index contributed by atoms with van der Waals surface area (Å²) in [6.07, 6.45) is 2.11. The Bertz CT molecular complexity index is 761. The van der Waals surface area contributed by atoms with Crippen LogP contribution >= 0.6 is 0 Å². The number of carbonyl (C=O) groups is 1. The van der Waals surface area contributed by atoms with Gasteiger partial charge in [-0.15, -0.1) is 0 Å². The average molecular weight is 316 g/mol. The minimum absolute atomic E-state index is 0.0104. The van der Waals surface area contributed by atoms with Crippen LogP contribution in [-0.2, 0) is 11.2 Å². The number of aromatic nitrogens is 1. The molecule has 1 amide bonds. The summed E-state index contributed by atoms with van der Waals surface area (Å²) in [5, 5.41) is 3.12. The first-order valence-electron chi connectivity index (χ1n) is 8.04. The SMILES string of the molecule is Cc1ccccc1CC(=O)NC(c1ccccc1)c1ccccn1. The molecule has 0 radical (unpaired) electrons. The Morgan fingerprint density at radius 3 is 2.38 bits per heavy atom. The summed E-state index contributed by atoms with van der Waals surface area (Å²) >= 11 is 0. The first-order valence-corrected chi connectivity index (χ1v) is 8.04. The van der Waals surface area contributed by atoms with E-state index in [1.165, 1.54) is 0 Å². The van der Waals surface area contributed by atoms with Gasteiger partial charge in [-0.1, -0.05) is 60.7 Å². The maximum absolute atomic E-state index is 12.6. The van der Waals surface area contributed by atoms with E-state index in [0.29, 0.717) is 6.42 Å². The van der Waals surface area contributed by atoms with E-state index in [0.717, 1.165) is 22.4 Å². The Balaban J connectivity index is 1.82. The summed E-state index contributed by atoms with van der Waals surface area (Å²) in [7, 11) is 0. The molecule has 0 saturated carbocycles. The van der Waals surface area contributed by atoms with Crippen LogP contribution in [0.2, 0.25) is 0 Å². The van der Waals surface area contributed by atoms with E-state index in [2.05, 4.69) is 10.3 Å². The summed E-state index contributed by atoms with van der Waals surface area (Å²) < 4.78 is 0. The Morgan fingerprint density at radius 1 is 0.958 bits per heavy atom. The van der Waals surface area contributed by atoms with Crippen molar-refractivity contribution in [2.45, 2.75) is 19.4 Å². The fraction of sp³-hybridized carbons (Fsp3) is 0.143. The summed E-state index contributed by atoms with van der Waals surface area (Å²) in [5.74, 6) is -0.0104.